The number of nitrogen functional groups attached to an aromatic ring is 1. The van der Waals surface area contributed by atoms with Gasteiger partial charge in [0.05, 0.1) is 12.2 Å². The molecule has 0 amide bonds. The largest absolute Gasteiger partial charge is 0.396 e. The number of nitrogens with two attached hydrogens (primary N) is 1. The van der Waals surface area contributed by atoms with Crippen molar-refractivity contribution in [2.24, 2.45) is 0 Å². The van der Waals surface area contributed by atoms with Gasteiger partial charge in [0.2, 0.25) is 0 Å². The number of hydrogen-bond donors (Lipinski definition) is 1. The molecule has 0 aliphatic carbocycles. The van der Waals surface area contributed by atoms with E-state index in [9.17, 15) is 4.39 Å². The molecule has 1 aromatic carbocycles. The Labute approximate surface area is 90.9 Å². The van der Waals surface area contributed by atoms with Crippen LogP contribution in [0.15, 0.2) is 24.5 Å². The van der Waals surface area contributed by atoms with Gasteiger partial charge >= 0.3 is 0 Å². The molecular weight excluding hydrogens is 209 g/mol. The number of halogens is 1. The molecule has 0 spiro atoms. The van der Waals surface area contributed by atoms with E-state index in [2.05, 4.69) is 10.1 Å². The van der Waals surface area contributed by atoms with E-state index in [0.717, 1.165) is 0 Å². The summed E-state index contributed by atoms with van der Waals surface area (Å²) in [7, 11) is 0. The summed E-state index contributed by atoms with van der Waals surface area (Å²) in [5.41, 5.74) is 6.18. The highest BCUT2D eigenvalue weighted by atomic mass is 19.1. The molecule has 1 heterocycles. The summed E-state index contributed by atoms with van der Waals surface area (Å²) in [4.78, 5) is 3.74. The molecule has 0 radical (unpaired) electrons. The Kier molecular flexibility index (Phi) is 2.52. The third kappa shape index (κ3) is 1.98. The molecule has 0 fully saturated rings. The van der Waals surface area contributed by atoms with Crippen LogP contribution in [0.1, 0.15) is 11.4 Å². The van der Waals surface area contributed by atoms with Crippen LogP contribution < -0.4 is 5.73 Å². The minimum atomic E-state index is -0.460. The molecule has 0 saturated heterocycles. The standard InChI is InChI=1S/C10H8FN5/c11-8-3-7(1-2-9(8)13)5-16-6-14-10(4-12)15-16/h1-3,6H,5,13H2. The van der Waals surface area contributed by atoms with Gasteiger partial charge in [-0.3, -0.25) is 0 Å². The minimum absolute atomic E-state index is 0.0934. The summed E-state index contributed by atoms with van der Waals surface area (Å²) >= 11 is 0. The molecule has 2 aromatic rings. The number of hydrogen-bond acceptors (Lipinski definition) is 4. The fraction of sp³-hybridized carbons (Fsp3) is 0.100. The third-order valence-corrected chi connectivity index (χ3v) is 2.05. The fourth-order valence-corrected chi connectivity index (χ4v) is 1.28. The molecule has 2 rings (SSSR count). The quantitative estimate of drug-likeness (QED) is 0.758. The van der Waals surface area contributed by atoms with Crippen LogP contribution in [0.25, 0.3) is 0 Å². The summed E-state index contributed by atoms with van der Waals surface area (Å²) in [6.07, 6.45) is 1.42. The minimum Gasteiger partial charge on any atom is -0.396 e. The summed E-state index contributed by atoms with van der Waals surface area (Å²) in [5.74, 6) is -0.367. The van der Waals surface area contributed by atoms with E-state index < -0.39 is 5.82 Å². The summed E-state index contributed by atoms with van der Waals surface area (Å²) in [5, 5.41) is 12.4. The predicted octanol–water partition coefficient (Wildman–Crippen LogP) is 0.919. The fourth-order valence-electron chi connectivity index (χ4n) is 1.28. The zero-order chi connectivity index (χ0) is 11.5. The number of aromatic nitrogens is 3. The Hall–Kier alpha value is -2.42. The monoisotopic (exact) mass is 217 g/mol. The average molecular weight is 217 g/mol. The Morgan fingerprint density at radius 2 is 2.31 bits per heavy atom. The lowest BCUT2D eigenvalue weighted by Crippen LogP contribution is -2.02. The highest BCUT2D eigenvalue weighted by Gasteiger charge is 2.03. The van der Waals surface area contributed by atoms with Gasteiger partial charge in [-0.25, -0.2) is 14.1 Å². The SMILES string of the molecule is N#Cc1ncn(Cc2ccc(N)c(F)c2)n1. The third-order valence-electron chi connectivity index (χ3n) is 2.05. The maximum atomic E-state index is 13.1. The molecule has 0 unspecified atom stereocenters. The second-order valence-electron chi connectivity index (χ2n) is 3.23. The Morgan fingerprint density at radius 1 is 1.50 bits per heavy atom. The van der Waals surface area contributed by atoms with Crippen molar-refractivity contribution in [3.8, 4) is 6.07 Å². The van der Waals surface area contributed by atoms with Crippen LogP contribution in [0.5, 0.6) is 0 Å². The normalized spacial score (nSPS) is 10.0. The van der Waals surface area contributed by atoms with Gasteiger partial charge in [0.15, 0.2) is 0 Å². The smallest absolute Gasteiger partial charge is 0.252 e. The first-order valence-electron chi connectivity index (χ1n) is 4.52. The number of anilines is 1. The second-order valence-corrected chi connectivity index (χ2v) is 3.23. The molecule has 0 saturated carbocycles. The predicted molar refractivity (Wildman–Crippen MR) is 54.7 cm³/mol. The zero-order valence-electron chi connectivity index (χ0n) is 8.26. The van der Waals surface area contributed by atoms with E-state index in [0.29, 0.717) is 12.1 Å². The van der Waals surface area contributed by atoms with Gasteiger partial charge in [-0.15, -0.1) is 5.10 Å². The van der Waals surface area contributed by atoms with Gasteiger partial charge in [-0.1, -0.05) is 6.07 Å². The Balaban J connectivity index is 2.21. The summed E-state index contributed by atoms with van der Waals surface area (Å²) in [6.45, 7) is 0.353. The van der Waals surface area contributed by atoms with Crippen LogP contribution in [0.2, 0.25) is 0 Å². The summed E-state index contributed by atoms with van der Waals surface area (Å²) < 4.78 is 14.6. The Bertz CT molecular complexity index is 555. The molecule has 0 aliphatic rings. The first kappa shape index (κ1) is 10.1. The van der Waals surface area contributed by atoms with E-state index in [1.165, 1.54) is 23.1 Å². The maximum Gasteiger partial charge on any atom is 0.252 e. The average Bonchev–Trinajstić information content (AvgIpc) is 2.71. The van der Waals surface area contributed by atoms with Crippen LogP contribution in [-0.4, -0.2) is 14.8 Å². The van der Waals surface area contributed by atoms with Gasteiger partial charge in [0.1, 0.15) is 18.2 Å². The van der Waals surface area contributed by atoms with Gasteiger partial charge in [-0.2, -0.15) is 5.26 Å². The van der Waals surface area contributed by atoms with Crippen LogP contribution in [0, 0.1) is 17.1 Å². The van der Waals surface area contributed by atoms with Crippen molar-refractivity contribution >= 4 is 5.69 Å². The van der Waals surface area contributed by atoms with Crippen LogP contribution in [0.4, 0.5) is 10.1 Å². The van der Waals surface area contributed by atoms with Crippen LogP contribution >= 0.6 is 0 Å². The lowest BCUT2D eigenvalue weighted by Gasteiger charge is -2.02. The van der Waals surface area contributed by atoms with Crippen molar-refractivity contribution in [3.63, 3.8) is 0 Å². The molecule has 80 valence electrons. The lowest BCUT2D eigenvalue weighted by atomic mass is 10.2. The van der Waals surface area contributed by atoms with Crippen molar-refractivity contribution in [1.29, 1.82) is 5.26 Å². The van der Waals surface area contributed by atoms with Crippen molar-refractivity contribution in [3.05, 3.63) is 41.7 Å². The first-order chi connectivity index (χ1) is 7.69. The molecular formula is C10H8FN5. The Morgan fingerprint density at radius 3 is 2.94 bits per heavy atom. The highest BCUT2D eigenvalue weighted by molar-refractivity contribution is 5.41. The van der Waals surface area contributed by atoms with Gasteiger partial charge in [0.25, 0.3) is 5.82 Å². The number of rotatable bonds is 2. The van der Waals surface area contributed by atoms with E-state index in [4.69, 9.17) is 11.0 Å². The van der Waals surface area contributed by atoms with Crippen molar-refractivity contribution in [1.82, 2.24) is 14.8 Å². The van der Waals surface area contributed by atoms with Gasteiger partial charge < -0.3 is 5.73 Å². The first-order valence-corrected chi connectivity index (χ1v) is 4.52. The number of nitrogens with zero attached hydrogens (tertiary/aromatic N) is 4. The molecule has 1 aromatic heterocycles. The molecule has 2 N–H and O–H groups in total. The molecule has 16 heavy (non-hydrogen) atoms. The lowest BCUT2D eigenvalue weighted by molar-refractivity contribution is 0.623. The van der Waals surface area contributed by atoms with Gasteiger partial charge in [-0.05, 0) is 17.7 Å². The van der Waals surface area contributed by atoms with Crippen LogP contribution in [-0.2, 0) is 6.54 Å². The van der Waals surface area contributed by atoms with Crippen molar-refractivity contribution < 1.29 is 4.39 Å². The molecule has 6 heteroatoms. The van der Waals surface area contributed by atoms with Crippen LogP contribution in [0.3, 0.4) is 0 Å². The number of benzene rings is 1. The molecule has 0 bridgehead atoms. The summed E-state index contributed by atoms with van der Waals surface area (Å²) in [6, 6.07) is 6.35. The van der Waals surface area contributed by atoms with E-state index in [-0.39, 0.29) is 11.5 Å². The highest BCUT2D eigenvalue weighted by Crippen LogP contribution is 2.12. The van der Waals surface area contributed by atoms with Crippen molar-refractivity contribution in [2.75, 3.05) is 5.73 Å². The van der Waals surface area contributed by atoms with E-state index in [1.54, 1.807) is 6.07 Å². The maximum absolute atomic E-state index is 13.1. The second kappa shape index (κ2) is 3.98. The van der Waals surface area contributed by atoms with E-state index in [1.807, 2.05) is 6.07 Å². The van der Waals surface area contributed by atoms with E-state index >= 15 is 0 Å². The van der Waals surface area contributed by atoms with Crippen molar-refractivity contribution in [2.45, 2.75) is 6.54 Å². The topological polar surface area (TPSA) is 80.5 Å². The zero-order valence-corrected chi connectivity index (χ0v) is 8.26. The number of nitriles is 1. The molecule has 0 atom stereocenters. The van der Waals surface area contributed by atoms with Gasteiger partial charge in [0, 0.05) is 0 Å². The molecule has 5 nitrogen and oxygen atoms in total. The molecule has 0 aliphatic heterocycles.